The molecule has 1 N–H and O–H groups in total. The molecule has 4 heteroatoms. The van der Waals surface area contributed by atoms with E-state index in [4.69, 9.17) is 4.74 Å². The number of amides is 1. The highest BCUT2D eigenvalue weighted by molar-refractivity contribution is 6.14. The summed E-state index contributed by atoms with van der Waals surface area (Å²) in [5, 5.41) is 3.03. The third-order valence-electron chi connectivity index (χ3n) is 3.11. The van der Waals surface area contributed by atoms with Crippen molar-refractivity contribution in [3.63, 3.8) is 0 Å². The van der Waals surface area contributed by atoms with Crippen LogP contribution in [0.1, 0.15) is 39.0 Å². The lowest BCUT2D eigenvalue weighted by Crippen LogP contribution is -2.37. The molecule has 0 bridgehead atoms. The molecule has 0 aliphatic carbocycles. The summed E-state index contributed by atoms with van der Waals surface area (Å²) in [5.74, 6) is -0.0352. The van der Waals surface area contributed by atoms with Crippen LogP contribution in [0.15, 0.2) is 12.2 Å². The second-order valence-corrected chi connectivity index (χ2v) is 6.72. The van der Waals surface area contributed by atoms with Crippen molar-refractivity contribution in [3.05, 3.63) is 12.2 Å². The molecule has 1 saturated heterocycles. The molecular formula is C12H23NO2Si. The van der Waals surface area contributed by atoms with Crippen molar-refractivity contribution in [2.75, 3.05) is 13.2 Å². The summed E-state index contributed by atoms with van der Waals surface area (Å²) in [4.78, 5) is 11.2. The van der Waals surface area contributed by atoms with E-state index in [-0.39, 0.29) is 11.1 Å². The molecule has 0 radical (unpaired) electrons. The zero-order valence-electron chi connectivity index (χ0n) is 10.5. The molecular weight excluding hydrogens is 218 g/mol. The first-order valence-electron chi connectivity index (χ1n) is 6.11. The monoisotopic (exact) mass is 241 g/mol. The van der Waals surface area contributed by atoms with Gasteiger partial charge in [0.1, 0.15) is 0 Å². The lowest BCUT2D eigenvalue weighted by atomic mass is 10.0. The average Bonchev–Trinajstić information content (AvgIpc) is 2.25. The van der Waals surface area contributed by atoms with Crippen LogP contribution >= 0.6 is 0 Å². The Balaban J connectivity index is 2.14. The fraction of sp³-hybridized carbons (Fsp3) is 0.750. The molecule has 1 rings (SSSR count). The zero-order chi connectivity index (χ0) is 12.0. The highest BCUT2D eigenvalue weighted by Crippen LogP contribution is 2.25. The number of carbonyl (C=O) groups excluding carboxylic acids is 1. The van der Waals surface area contributed by atoms with Crippen LogP contribution in [-0.2, 0) is 9.53 Å². The molecule has 1 aliphatic rings. The topological polar surface area (TPSA) is 38.3 Å². The molecule has 0 aromatic heterocycles. The molecule has 1 heterocycles. The first-order chi connectivity index (χ1) is 7.53. The SMILES string of the molecule is C=C(C)C(=O)NCCCC1([SiH3])CCCCO1. The van der Waals surface area contributed by atoms with Gasteiger partial charge >= 0.3 is 0 Å². The Morgan fingerprint density at radius 1 is 1.56 bits per heavy atom. The van der Waals surface area contributed by atoms with Gasteiger partial charge in [-0.15, -0.1) is 0 Å². The van der Waals surface area contributed by atoms with E-state index in [1.54, 1.807) is 6.92 Å². The van der Waals surface area contributed by atoms with Crippen LogP contribution < -0.4 is 5.32 Å². The Morgan fingerprint density at radius 3 is 2.88 bits per heavy atom. The maximum Gasteiger partial charge on any atom is 0.246 e. The second kappa shape index (κ2) is 6.20. The van der Waals surface area contributed by atoms with E-state index < -0.39 is 0 Å². The number of nitrogens with one attached hydrogen (secondary N) is 1. The minimum Gasteiger partial charge on any atom is -0.380 e. The van der Waals surface area contributed by atoms with Gasteiger partial charge in [0.2, 0.25) is 5.91 Å². The van der Waals surface area contributed by atoms with Gasteiger partial charge in [-0.1, -0.05) is 6.58 Å². The first-order valence-corrected chi connectivity index (χ1v) is 7.11. The summed E-state index contributed by atoms with van der Waals surface area (Å²) >= 11 is 0. The third-order valence-corrected chi connectivity index (χ3v) is 4.39. The molecule has 16 heavy (non-hydrogen) atoms. The van der Waals surface area contributed by atoms with Gasteiger partial charge in [0.25, 0.3) is 0 Å². The Bertz CT molecular complexity index is 260. The molecule has 3 nitrogen and oxygen atoms in total. The van der Waals surface area contributed by atoms with Crippen LogP contribution in [0.2, 0.25) is 0 Å². The smallest absolute Gasteiger partial charge is 0.246 e. The van der Waals surface area contributed by atoms with Crippen LogP contribution in [0, 0.1) is 0 Å². The number of rotatable bonds is 5. The first kappa shape index (κ1) is 13.5. The van der Waals surface area contributed by atoms with E-state index in [0.29, 0.717) is 5.57 Å². The van der Waals surface area contributed by atoms with Crippen molar-refractivity contribution >= 4 is 16.1 Å². The van der Waals surface area contributed by atoms with Crippen LogP contribution in [-0.4, -0.2) is 34.5 Å². The van der Waals surface area contributed by atoms with Crippen molar-refractivity contribution in [1.82, 2.24) is 5.32 Å². The van der Waals surface area contributed by atoms with Crippen LogP contribution in [0.25, 0.3) is 0 Å². The highest BCUT2D eigenvalue weighted by atomic mass is 28.1. The van der Waals surface area contributed by atoms with E-state index in [2.05, 4.69) is 11.9 Å². The van der Waals surface area contributed by atoms with Gasteiger partial charge in [0.15, 0.2) is 0 Å². The second-order valence-electron chi connectivity index (χ2n) is 4.90. The third kappa shape index (κ3) is 4.49. The van der Waals surface area contributed by atoms with E-state index in [9.17, 15) is 4.79 Å². The zero-order valence-corrected chi connectivity index (χ0v) is 12.5. The van der Waals surface area contributed by atoms with Crippen LogP contribution in [0.5, 0.6) is 0 Å². The number of hydrogen-bond acceptors (Lipinski definition) is 2. The fourth-order valence-electron chi connectivity index (χ4n) is 2.00. The normalized spacial score (nSPS) is 25.3. The summed E-state index contributed by atoms with van der Waals surface area (Å²) in [6.45, 7) is 6.99. The van der Waals surface area contributed by atoms with E-state index in [1.165, 1.54) is 19.3 Å². The Morgan fingerprint density at radius 2 is 2.31 bits per heavy atom. The predicted octanol–water partition coefficient (Wildman–Crippen LogP) is 0.721. The van der Waals surface area contributed by atoms with Gasteiger partial charge in [-0.05, 0) is 39.0 Å². The molecule has 0 aromatic carbocycles. The quantitative estimate of drug-likeness (QED) is 0.438. The lowest BCUT2D eigenvalue weighted by molar-refractivity contribution is -0.117. The maximum atomic E-state index is 11.2. The summed E-state index contributed by atoms with van der Waals surface area (Å²) < 4.78 is 5.85. The highest BCUT2D eigenvalue weighted by Gasteiger charge is 2.26. The average molecular weight is 241 g/mol. The molecule has 1 aliphatic heterocycles. The van der Waals surface area contributed by atoms with Crippen LogP contribution in [0.3, 0.4) is 0 Å². The summed E-state index contributed by atoms with van der Waals surface area (Å²) in [6.07, 6.45) is 5.78. The summed E-state index contributed by atoms with van der Waals surface area (Å²) in [5.41, 5.74) is 0.578. The Hall–Kier alpha value is -0.613. The molecule has 1 atom stereocenters. The number of carbonyl (C=O) groups is 1. The van der Waals surface area contributed by atoms with Crippen LogP contribution in [0.4, 0.5) is 0 Å². The molecule has 1 unspecified atom stereocenters. The fourth-order valence-corrected chi connectivity index (χ4v) is 2.92. The lowest BCUT2D eigenvalue weighted by Gasteiger charge is -2.34. The van der Waals surface area contributed by atoms with Gasteiger partial charge < -0.3 is 10.1 Å². The van der Waals surface area contributed by atoms with E-state index in [1.807, 2.05) is 0 Å². The van der Waals surface area contributed by atoms with Crippen molar-refractivity contribution < 1.29 is 9.53 Å². The number of ether oxygens (including phenoxy) is 1. The molecule has 1 fully saturated rings. The van der Waals surface area contributed by atoms with Gasteiger partial charge in [0, 0.05) is 34.2 Å². The molecule has 0 spiro atoms. The summed E-state index contributed by atoms with van der Waals surface area (Å²) in [7, 11) is 1.09. The van der Waals surface area contributed by atoms with E-state index in [0.717, 1.165) is 36.2 Å². The Labute approximate surface area is 101 Å². The minimum absolute atomic E-state index is 0.0352. The van der Waals surface area contributed by atoms with Gasteiger partial charge in [-0.2, -0.15) is 0 Å². The molecule has 0 aromatic rings. The molecule has 92 valence electrons. The van der Waals surface area contributed by atoms with E-state index >= 15 is 0 Å². The van der Waals surface area contributed by atoms with Crippen molar-refractivity contribution in [3.8, 4) is 0 Å². The maximum absolute atomic E-state index is 11.2. The van der Waals surface area contributed by atoms with Crippen molar-refractivity contribution in [2.24, 2.45) is 0 Å². The Kier molecular flexibility index (Phi) is 5.22. The van der Waals surface area contributed by atoms with Crippen molar-refractivity contribution in [1.29, 1.82) is 0 Å². The molecule has 1 amide bonds. The van der Waals surface area contributed by atoms with Gasteiger partial charge in [-0.3, -0.25) is 4.79 Å². The minimum atomic E-state index is -0.0352. The van der Waals surface area contributed by atoms with Gasteiger partial charge in [-0.25, -0.2) is 0 Å². The predicted molar refractivity (Wildman–Crippen MR) is 69.5 cm³/mol. The number of hydrogen-bond donors (Lipinski definition) is 1. The van der Waals surface area contributed by atoms with Gasteiger partial charge in [0.05, 0.1) is 0 Å². The summed E-state index contributed by atoms with van der Waals surface area (Å²) in [6, 6.07) is 0. The largest absolute Gasteiger partial charge is 0.380 e. The molecule has 0 saturated carbocycles. The van der Waals surface area contributed by atoms with Crippen molar-refractivity contribution in [2.45, 2.75) is 44.3 Å². The standard InChI is InChI=1S/C12H23NO2Si/c1-10(2)11(14)13-8-5-7-12(16)6-3-4-9-15-12/h1,3-9H2,2,16H3,(H,13,14).